The van der Waals surface area contributed by atoms with E-state index in [1.807, 2.05) is 0 Å². The molecule has 0 unspecified atom stereocenters. The Labute approximate surface area is 551 Å². The van der Waals surface area contributed by atoms with Crippen LogP contribution in [0.1, 0.15) is 490 Å². The second-order valence-electron chi connectivity index (χ2n) is 28.8. The third kappa shape index (κ3) is 71.0. The van der Waals surface area contributed by atoms with Crippen molar-refractivity contribution in [1.82, 2.24) is 4.86 Å². The molecule has 0 heterocycles. The molecule has 1 nitrogen and oxygen atoms in total. The molecular formula is C80H165NP2S2. The maximum absolute atomic E-state index is 6.99. The average molecular weight is 1270 g/mol. The quantitative estimate of drug-likeness (QED) is 0.0482. The van der Waals surface area contributed by atoms with Gasteiger partial charge in [-0.1, -0.05) is 488 Å². The van der Waals surface area contributed by atoms with Crippen LogP contribution in [-0.4, -0.2) is 24.6 Å². The number of hydrogen-bond donors (Lipinski definition) is 1. The first-order valence-electron chi connectivity index (χ1n) is 40.9. The number of nitrogens with one attached hydrogen (secondary N) is 1. The summed E-state index contributed by atoms with van der Waals surface area (Å²) >= 11 is 14.0. The molecule has 0 aliphatic heterocycles. The van der Waals surface area contributed by atoms with Gasteiger partial charge in [-0.2, -0.15) is 0 Å². The van der Waals surface area contributed by atoms with Gasteiger partial charge < -0.3 is 0 Å². The molecule has 0 saturated heterocycles. The lowest BCUT2D eigenvalue weighted by molar-refractivity contribution is 0.526. The van der Waals surface area contributed by atoms with E-state index in [1.165, 1.54) is 487 Å². The standard InChI is InChI=1S/C80H165NP2S2/c1-5-9-13-17-21-25-29-33-37-41-45-49-53-57-61-65-69-73-77-82(84,78-74-70-66-62-58-54-50-46-42-38-34-30-26-22-18-14-10-6-2)81-83(85,79-75-71-67-63-59-55-51-47-43-39-35-31-27-23-19-15-11-7-3)80-76-72-68-64-60-56-52-48-44-40-36-32-28-24-20-16-12-8-4/h5-80H2,1-4H3,(H,81,84,85). The van der Waals surface area contributed by atoms with Gasteiger partial charge >= 0.3 is 0 Å². The van der Waals surface area contributed by atoms with Crippen molar-refractivity contribution in [3.8, 4) is 0 Å². The van der Waals surface area contributed by atoms with Crippen LogP contribution >= 0.6 is 12.4 Å². The molecule has 0 saturated carbocycles. The molecule has 0 aromatic rings. The Hall–Kier alpha value is 1.26. The number of unbranched alkanes of at least 4 members (excludes halogenated alkanes) is 68. The molecule has 0 atom stereocenters. The van der Waals surface area contributed by atoms with Crippen LogP contribution in [0.25, 0.3) is 0 Å². The van der Waals surface area contributed by atoms with Crippen molar-refractivity contribution in [3.05, 3.63) is 0 Å². The Kier molecular flexibility index (Phi) is 75.4. The van der Waals surface area contributed by atoms with Crippen LogP contribution in [0.5, 0.6) is 0 Å². The van der Waals surface area contributed by atoms with Crippen LogP contribution in [0, 0.1) is 0 Å². The smallest absolute Gasteiger partial charge is 0.0164 e. The van der Waals surface area contributed by atoms with Crippen molar-refractivity contribution in [2.45, 2.75) is 490 Å². The Morgan fingerprint density at radius 3 is 0.318 bits per heavy atom. The van der Waals surface area contributed by atoms with Gasteiger partial charge in [-0.3, -0.25) is 4.86 Å². The van der Waals surface area contributed by atoms with Crippen LogP contribution in [0.3, 0.4) is 0 Å². The van der Waals surface area contributed by atoms with Gasteiger partial charge in [0.25, 0.3) is 0 Å². The lowest BCUT2D eigenvalue weighted by atomic mass is 10.0. The SMILES string of the molecule is CCCCCCCCCCCCCCCCCCCCP(=S)(CCCCCCCCCCCCCCCCCCCC)NP(=S)(CCCCCCCCCCCCCCCCCCCC)CCCCCCCCCCCCCCCCCCCC. The molecule has 0 spiro atoms. The van der Waals surface area contributed by atoms with E-state index in [2.05, 4.69) is 32.6 Å². The first-order chi connectivity index (χ1) is 41.9. The minimum Gasteiger partial charge on any atom is -0.259 e. The summed E-state index contributed by atoms with van der Waals surface area (Å²) in [5.41, 5.74) is 0. The summed E-state index contributed by atoms with van der Waals surface area (Å²) in [7, 11) is 0. The molecule has 1 N–H and O–H groups in total. The van der Waals surface area contributed by atoms with Crippen molar-refractivity contribution >= 4 is 36.0 Å². The van der Waals surface area contributed by atoms with E-state index in [4.69, 9.17) is 23.6 Å². The van der Waals surface area contributed by atoms with Gasteiger partial charge in [0.1, 0.15) is 0 Å². The zero-order chi connectivity index (χ0) is 61.4. The van der Waals surface area contributed by atoms with Crippen LogP contribution in [0.15, 0.2) is 0 Å². The fourth-order valence-electron chi connectivity index (χ4n) is 13.8. The van der Waals surface area contributed by atoms with Crippen molar-refractivity contribution < 1.29 is 0 Å². The lowest BCUT2D eigenvalue weighted by Gasteiger charge is -2.33. The highest BCUT2D eigenvalue weighted by molar-refractivity contribution is 8.22. The van der Waals surface area contributed by atoms with E-state index in [-0.39, 0.29) is 0 Å². The molecule has 0 aliphatic carbocycles. The van der Waals surface area contributed by atoms with Gasteiger partial charge in [0.2, 0.25) is 0 Å². The summed E-state index contributed by atoms with van der Waals surface area (Å²) in [6.07, 6.45) is 106. The van der Waals surface area contributed by atoms with Crippen molar-refractivity contribution in [2.75, 3.05) is 24.6 Å². The fourth-order valence-corrected chi connectivity index (χ4v) is 26.3. The molecule has 0 radical (unpaired) electrons. The minimum atomic E-state index is -1.68. The molecule has 0 amide bonds. The number of hydrogen-bond acceptors (Lipinski definition) is 2. The Balaban J connectivity index is 5.13. The third-order valence-electron chi connectivity index (χ3n) is 19.9. The summed E-state index contributed by atoms with van der Waals surface area (Å²) in [5.74, 6) is 0. The van der Waals surface area contributed by atoms with Crippen LogP contribution in [0.2, 0.25) is 0 Å². The Bertz CT molecular complexity index is 1120. The summed E-state index contributed by atoms with van der Waals surface area (Å²) in [6, 6.07) is 0. The fraction of sp³-hybridized carbons (Fsp3) is 1.00. The summed E-state index contributed by atoms with van der Waals surface area (Å²) in [4.78, 5) is 4.49. The predicted octanol–water partition coefficient (Wildman–Crippen LogP) is 31.5. The third-order valence-corrected chi connectivity index (χ3v) is 30.6. The highest BCUT2D eigenvalue weighted by atomic mass is 32.5. The Morgan fingerprint density at radius 1 is 0.141 bits per heavy atom. The zero-order valence-electron chi connectivity index (χ0n) is 60.0. The molecule has 0 rings (SSSR count). The van der Waals surface area contributed by atoms with Crippen LogP contribution < -0.4 is 4.86 Å². The summed E-state index contributed by atoms with van der Waals surface area (Å²) < 4.78 is 0. The molecule has 85 heavy (non-hydrogen) atoms. The van der Waals surface area contributed by atoms with Gasteiger partial charge in [0.15, 0.2) is 0 Å². The highest BCUT2D eigenvalue weighted by Crippen LogP contribution is 2.57. The maximum Gasteiger partial charge on any atom is 0.0164 e. The minimum absolute atomic E-state index is 1.27. The molecule has 0 aromatic carbocycles. The van der Waals surface area contributed by atoms with Gasteiger partial charge in [-0.15, -0.1) is 0 Å². The van der Waals surface area contributed by atoms with E-state index in [9.17, 15) is 0 Å². The van der Waals surface area contributed by atoms with Crippen LogP contribution in [0.4, 0.5) is 0 Å². The van der Waals surface area contributed by atoms with E-state index in [1.54, 1.807) is 0 Å². The monoisotopic (exact) mass is 1270 g/mol. The molecule has 5 heteroatoms. The second-order valence-corrected chi connectivity index (χ2v) is 39.2. The lowest BCUT2D eigenvalue weighted by Crippen LogP contribution is -2.17. The van der Waals surface area contributed by atoms with Crippen molar-refractivity contribution in [2.24, 2.45) is 0 Å². The van der Waals surface area contributed by atoms with E-state index < -0.39 is 12.4 Å². The predicted molar refractivity (Wildman–Crippen MR) is 406 cm³/mol. The van der Waals surface area contributed by atoms with Gasteiger partial charge in [0, 0.05) is 12.4 Å². The topological polar surface area (TPSA) is 12.0 Å². The average Bonchev–Trinajstić information content (AvgIpc) is 3.69. The normalized spacial score (nSPS) is 12.2. The number of rotatable bonds is 78. The van der Waals surface area contributed by atoms with Crippen molar-refractivity contribution in [3.63, 3.8) is 0 Å². The molecule has 0 aromatic heterocycles. The summed E-state index contributed by atoms with van der Waals surface area (Å²) in [5, 5.41) is 0. The van der Waals surface area contributed by atoms with E-state index >= 15 is 0 Å². The first-order valence-corrected chi connectivity index (χ1v) is 47.3. The molecule has 0 fully saturated rings. The molecule has 0 aliphatic rings. The first kappa shape index (κ1) is 86.3. The van der Waals surface area contributed by atoms with E-state index in [0.29, 0.717) is 0 Å². The Morgan fingerprint density at radius 2 is 0.224 bits per heavy atom. The molecular weight excluding hydrogens is 1100 g/mol. The molecule has 512 valence electrons. The maximum atomic E-state index is 6.99. The largest absolute Gasteiger partial charge is 0.259 e. The summed E-state index contributed by atoms with van der Waals surface area (Å²) in [6.45, 7) is 9.30. The highest BCUT2D eigenvalue weighted by Gasteiger charge is 2.26. The van der Waals surface area contributed by atoms with Gasteiger partial charge in [-0.25, -0.2) is 0 Å². The second kappa shape index (κ2) is 74.3. The van der Waals surface area contributed by atoms with Gasteiger partial charge in [-0.05, 0) is 50.3 Å². The zero-order valence-corrected chi connectivity index (χ0v) is 63.4. The van der Waals surface area contributed by atoms with E-state index in [0.717, 1.165) is 0 Å². The van der Waals surface area contributed by atoms with Gasteiger partial charge in [0.05, 0.1) is 0 Å². The molecule has 0 bridgehead atoms. The van der Waals surface area contributed by atoms with Crippen molar-refractivity contribution in [1.29, 1.82) is 0 Å². The van der Waals surface area contributed by atoms with Crippen LogP contribution in [-0.2, 0) is 23.6 Å².